The van der Waals surface area contributed by atoms with E-state index in [0.717, 1.165) is 25.7 Å². The van der Waals surface area contributed by atoms with Gasteiger partial charge in [-0.3, -0.25) is 0 Å². The number of rotatable bonds is 1. The minimum atomic E-state index is -3.17. The molecule has 0 unspecified atom stereocenters. The SMILES string of the molecule is CS(=O)(=O)N1CCC2(CC1)OOC1(CCCCCC1)OO2. The number of nitrogens with zero attached hydrogens (tertiary/aromatic N) is 1. The van der Waals surface area contributed by atoms with Crippen LogP contribution in [0, 0.1) is 0 Å². The topological polar surface area (TPSA) is 74.3 Å². The summed E-state index contributed by atoms with van der Waals surface area (Å²) in [5.41, 5.74) is 0. The number of piperidine rings is 1. The Labute approximate surface area is 125 Å². The smallest absolute Gasteiger partial charge is 0.213 e. The normalized spacial score (nSPS) is 30.3. The highest BCUT2D eigenvalue weighted by Gasteiger charge is 2.50. The van der Waals surface area contributed by atoms with Crippen molar-refractivity contribution >= 4 is 10.0 Å². The van der Waals surface area contributed by atoms with E-state index in [1.807, 2.05) is 0 Å². The summed E-state index contributed by atoms with van der Waals surface area (Å²) in [7, 11) is -3.17. The molecule has 0 bridgehead atoms. The second-order valence-corrected chi connectivity index (χ2v) is 8.21. The first-order chi connectivity index (χ1) is 9.93. The average molecular weight is 321 g/mol. The van der Waals surface area contributed by atoms with Gasteiger partial charge in [-0.25, -0.2) is 12.7 Å². The Bertz CT molecular complexity index is 451. The molecule has 21 heavy (non-hydrogen) atoms. The molecule has 3 rings (SSSR count). The lowest BCUT2D eigenvalue weighted by Gasteiger charge is -2.45. The first-order valence-electron chi connectivity index (χ1n) is 7.62. The summed E-state index contributed by atoms with van der Waals surface area (Å²) in [6.07, 6.45) is 7.93. The highest BCUT2D eigenvalue weighted by Crippen LogP contribution is 2.41. The number of hydrogen-bond donors (Lipinski definition) is 0. The van der Waals surface area contributed by atoms with E-state index < -0.39 is 21.6 Å². The monoisotopic (exact) mass is 321 g/mol. The van der Waals surface area contributed by atoms with Crippen LogP contribution in [0.2, 0.25) is 0 Å². The van der Waals surface area contributed by atoms with Crippen LogP contribution in [-0.2, 0) is 29.6 Å². The van der Waals surface area contributed by atoms with Gasteiger partial charge in [-0.15, -0.1) is 0 Å². The maximum Gasteiger partial charge on any atom is 0.236 e. The van der Waals surface area contributed by atoms with Crippen LogP contribution in [0.25, 0.3) is 0 Å². The minimum absolute atomic E-state index is 0.346. The van der Waals surface area contributed by atoms with E-state index in [9.17, 15) is 8.42 Å². The Balaban J connectivity index is 1.58. The van der Waals surface area contributed by atoms with Gasteiger partial charge in [0, 0.05) is 38.8 Å². The molecule has 0 aromatic carbocycles. The first-order valence-corrected chi connectivity index (χ1v) is 9.47. The van der Waals surface area contributed by atoms with Crippen LogP contribution in [0.4, 0.5) is 0 Å². The molecule has 0 amide bonds. The van der Waals surface area contributed by atoms with E-state index in [4.69, 9.17) is 19.6 Å². The van der Waals surface area contributed by atoms with Crippen LogP contribution in [-0.4, -0.2) is 43.6 Å². The Kier molecular flexibility index (Phi) is 4.28. The molecule has 2 aliphatic heterocycles. The molecule has 3 fully saturated rings. The maximum absolute atomic E-state index is 11.5. The van der Waals surface area contributed by atoms with Crippen LogP contribution in [0.3, 0.4) is 0 Å². The summed E-state index contributed by atoms with van der Waals surface area (Å²) in [5, 5.41) is 0. The Hall–Kier alpha value is -0.250. The van der Waals surface area contributed by atoms with Crippen molar-refractivity contribution in [3.8, 4) is 0 Å². The van der Waals surface area contributed by atoms with Crippen molar-refractivity contribution in [2.75, 3.05) is 19.3 Å². The minimum Gasteiger partial charge on any atom is -0.213 e. The van der Waals surface area contributed by atoms with E-state index >= 15 is 0 Å². The molecule has 0 aromatic heterocycles. The van der Waals surface area contributed by atoms with Crippen LogP contribution in [0.1, 0.15) is 51.4 Å². The van der Waals surface area contributed by atoms with Gasteiger partial charge in [0.2, 0.25) is 21.6 Å². The fourth-order valence-electron chi connectivity index (χ4n) is 3.09. The molecule has 3 aliphatic rings. The third-order valence-electron chi connectivity index (χ3n) is 4.51. The molecule has 0 aromatic rings. The summed E-state index contributed by atoms with van der Waals surface area (Å²) in [6, 6.07) is 0. The van der Waals surface area contributed by atoms with Gasteiger partial charge in [-0.05, 0) is 12.8 Å². The molecule has 8 heteroatoms. The second-order valence-electron chi connectivity index (χ2n) is 6.23. The summed E-state index contributed by atoms with van der Waals surface area (Å²) in [4.78, 5) is 22.3. The van der Waals surface area contributed by atoms with Gasteiger partial charge >= 0.3 is 0 Å². The molecule has 1 aliphatic carbocycles. The van der Waals surface area contributed by atoms with E-state index in [-0.39, 0.29) is 0 Å². The highest BCUT2D eigenvalue weighted by molar-refractivity contribution is 7.88. The Morgan fingerprint density at radius 3 is 1.62 bits per heavy atom. The molecule has 1 saturated carbocycles. The van der Waals surface area contributed by atoms with Crippen molar-refractivity contribution in [1.29, 1.82) is 0 Å². The summed E-state index contributed by atoms with van der Waals surface area (Å²) < 4.78 is 24.5. The van der Waals surface area contributed by atoms with Crippen molar-refractivity contribution in [2.24, 2.45) is 0 Å². The Morgan fingerprint density at radius 2 is 1.19 bits per heavy atom. The zero-order valence-corrected chi connectivity index (χ0v) is 13.2. The average Bonchev–Trinajstić information content (AvgIpc) is 2.68. The predicted molar refractivity (Wildman–Crippen MR) is 73.2 cm³/mol. The van der Waals surface area contributed by atoms with Crippen molar-refractivity contribution in [3.63, 3.8) is 0 Å². The lowest BCUT2D eigenvalue weighted by atomic mass is 10.1. The van der Waals surface area contributed by atoms with Crippen LogP contribution >= 0.6 is 0 Å². The first kappa shape index (κ1) is 15.6. The number of sulfonamides is 1. The molecular formula is C13H23NO6S. The summed E-state index contributed by atoms with van der Waals surface area (Å²) >= 11 is 0. The van der Waals surface area contributed by atoms with Gasteiger partial charge in [0.1, 0.15) is 0 Å². The molecular weight excluding hydrogens is 298 g/mol. The molecule has 2 saturated heterocycles. The third kappa shape index (κ3) is 3.40. The van der Waals surface area contributed by atoms with Crippen molar-refractivity contribution < 1.29 is 28.0 Å². The predicted octanol–water partition coefficient (Wildman–Crippen LogP) is 1.70. The summed E-state index contributed by atoms with van der Waals surface area (Å²) in [5.74, 6) is -1.76. The van der Waals surface area contributed by atoms with Crippen LogP contribution in [0.15, 0.2) is 0 Å². The molecule has 122 valence electrons. The molecule has 2 spiro atoms. The van der Waals surface area contributed by atoms with Gasteiger partial charge in [0.05, 0.1) is 6.26 Å². The zero-order chi connectivity index (χ0) is 15.0. The van der Waals surface area contributed by atoms with Crippen molar-refractivity contribution in [1.82, 2.24) is 4.31 Å². The second kappa shape index (κ2) is 5.75. The van der Waals surface area contributed by atoms with Crippen LogP contribution < -0.4 is 0 Å². The Morgan fingerprint density at radius 1 is 0.762 bits per heavy atom. The van der Waals surface area contributed by atoms with Gasteiger partial charge < -0.3 is 0 Å². The largest absolute Gasteiger partial charge is 0.236 e. The van der Waals surface area contributed by atoms with Gasteiger partial charge in [0.15, 0.2) is 0 Å². The molecule has 7 nitrogen and oxygen atoms in total. The van der Waals surface area contributed by atoms with Gasteiger partial charge in [0.25, 0.3) is 0 Å². The van der Waals surface area contributed by atoms with E-state index in [0.29, 0.717) is 25.9 Å². The molecule has 2 heterocycles. The van der Waals surface area contributed by atoms with E-state index in [1.165, 1.54) is 23.4 Å². The van der Waals surface area contributed by atoms with Crippen molar-refractivity contribution in [3.05, 3.63) is 0 Å². The summed E-state index contributed by atoms with van der Waals surface area (Å²) in [6.45, 7) is 0.692. The fraction of sp³-hybridized carbons (Fsp3) is 1.00. The molecule has 0 N–H and O–H groups in total. The lowest BCUT2D eigenvalue weighted by Crippen LogP contribution is -2.55. The van der Waals surface area contributed by atoms with Gasteiger partial charge in [-0.1, -0.05) is 12.8 Å². The van der Waals surface area contributed by atoms with E-state index in [1.54, 1.807) is 0 Å². The lowest BCUT2D eigenvalue weighted by molar-refractivity contribution is -0.661. The number of hydrogen-bond acceptors (Lipinski definition) is 6. The maximum atomic E-state index is 11.5. The molecule has 0 radical (unpaired) electrons. The quantitative estimate of drug-likeness (QED) is 0.684. The zero-order valence-electron chi connectivity index (χ0n) is 12.4. The standard InChI is InChI=1S/C13H23NO6S/c1-21(15,16)14-10-8-13(9-11-14)19-17-12(18-20-13)6-4-2-3-5-7-12/h2-11H2,1H3. The van der Waals surface area contributed by atoms with Crippen molar-refractivity contribution in [2.45, 2.75) is 62.9 Å². The third-order valence-corrected chi connectivity index (χ3v) is 5.81. The highest BCUT2D eigenvalue weighted by atomic mass is 32.2. The fourth-order valence-corrected chi connectivity index (χ4v) is 3.94. The van der Waals surface area contributed by atoms with E-state index in [2.05, 4.69) is 0 Å². The van der Waals surface area contributed by atoms with Gasteiger partial charge in [-0.2, -0.15) is 19.6 Å². The van der Waals surface area contributed by atoms with Crippen LogP contribution in [0.5, 0.6) is 0 Å². The molecule has 0 atom stereocenters.